The maximum absolute atomic E-state index is 5.95. The van der Waals surface area contributed by atoms with Crippen LogP contribution in [0.25, 0.3) is 0 Å². The summed E-state index contributed by atoms with van der Waals surface area (Å²) in [5, 5.41) is 10.4. The van der Waals surface area contributed by atoms with Gasteiger partial charge in [0.05, 0.1) is 0 Å². The molecule has 0 bridgehead atoms. The van der Waals surface area contributed by atoms with Crippen molar-refractivity contribution in [3.8, 4) is 0 Å². The first-order chi connectivity index (χ1) is 14.2. The van der Waals surface area contributed by atoms with Crippen molar-refractivity contribution >= 4 is 40.8 Å². The summed E-state index contributed by atoms with van der Waals surface area (Å²) in [6.07, 6.45) is 0. The topological polar surface area (TPSA) is 74.8 Å². The Bertz CT molecular complexity index is 996. The van der Waals surface area contributed by atoms with Crippen LogP contribution < -0.4 is 16.0 Å². The van der Waals surface area contributed by atoms with Gasteiger partial charge in [-0.2, -0.15) is 15.0 Å². The van der Waals surface area contributed by atoms with E-state index >= 15 is 0 Å². The average Bonchev–Trinajstić information content (AvgIpc) is 2.75. The molecule has 0 amide bonds. The fourth-order valence-electron chi connectivity index (χ4n) is 2.65. The van der Waals surface area contributed by atoms with Crippen LogP contribution in [0.1, 0.15) is 5.56 Å². The smallest absolute Gasteiger partial charge is 0.233 e. The zero-order valence-corrected chi connectivity index (χ0v) is 16.3. The fourth-order valence-corrected chi connectivity index (χ4v) is 2.78. The highest BCUT2D eigenvalue weighted by Gasteiger charge is 2.08. The fraction of sp³-hybridized carbons (Fsp3) is 0.0455. The number of hydrogen-bond donors (Lipinski definition) is 3. The van der Waals surface area contributed by atoms with E-state index in [4.69, 9.17) is 11.6 Å². The highest BCUT2D eigenvalue weighted by molar-refractivity contribution is 6.30. The molecule has 29 heavy (non-hydrogen) atoms. The van der Waals surface area contributed by atoms with E-state index in [0.29, 0.717) is 29.4 Å². The summed E-state index contributed by atoms with van der Waals surface area (Å²) >= 11 is 5.95. The normalized spacial score (nSPS) is 10.4. The highest BCUT2D eigenvalue weighted by Crippen LogP contribution is 2.19. The molecule has 0 aliphatic carbocycles. The molecule has 0 saturated carbocycles. The highest BCUT2D eigenvalue weighted by atomic mass is 35.5. The Balaban J connectivity index is 1.57. The molecule has 3 N–H and O–H groups in total. The van der Waals surface area contributed by atoms with Gasteiger partial charge < -0.3 is 16.0 Å². The molecule has 4 aromatic rings. The van der Waals surface area contributed by atoms with Gasteiger partial charge >= 0.3 is 0 Å². The number of nitrogens with one attached hydrogen (secondary N) is 3. The summed E-state index contributed by atoms with van der Waals surface area (Å²) in [5.41, 5.74) is 2.87. The Labute approximate surface area is 174 Å². The maximum atomic E-state index is 5.95. The molecule has 3 aromatic carbocycles. The number of halogens is 1. The quantitative estimate of drug-likeness (QED) is 0.372. The summed E-state index contributed by atoms with van der Waals surface area (Å²) in [6.45, 7) is 0.566. The summed E-state index contributed by atoms with van der Waals surface area (Å²) < 4.78 is 0. The van der Waals surface area contributed by atoms with Gasteiger partial charge in [0.1, 0.15) is 0 Å². The molecular weight excluding hydrogens is 384 g/mol. The van der Waals surface area contributed by atoms with Gasteiger partial charge in [-0.1, -0.05) is 60.1 Å². The summed E-state index contributed by atoms with van der Waals surface area (Å²) in [5.74, 6) is 1.36. The maximum Gasteiger partial charge on any atom is 0.233 e. The van der Waals surface area contributed by atoms with E-state index in [-0.39, 0.29) is 0 Å². The summed E-state index contributed by atoms with van der Waals surface area (Å²) in [4.78, 5) is 13.5. The van der Waals surface area contributed by atoms with Crippen LogP contribution in [0.5, 0.6) is 0 Å². The van der Waals surface area contributed by atoms with E-state index in [0.717, 1.165) is 16.9 Å². The van der Waals surface area contributed by atoms with Crippen LogP contribution >= 0.6 is 11.6 Å². The van der Waals surface area contributed by atoms with Crippen molar-refractivity contribution in [2.45, 2.75) is 6.54 Å². The van der Waals surface area contributed by atoms with Crippen LogP contribution in [0.4, 0.5) is 29.2 Å². The van der Waals surface area contributed by atoms with Gasteiger partial charge in [0.2, 0.25) is 17.8 Å². The molecule has 1 aromatic heterocycles. The molecule has 7 heteroatoms. The minimum atomic E-state index is 0.447. The van der Waals surface area contributed by atoms with Crippen LogP contribution in [0, 0.1) is 0 Å². The van der Waals surface area contributed by atoms with Gasteiger partial charge in [0.15, 0.2) is 0 Å². The van der Waals surface area contributed by atoms with Crippen LogP contribution in [0.2, 0.25) is 5.02 Å². The minimum Gasteiger partial charge on any atom is -0.350 e. The average molecular weight is 403 g/mol. The Morgan fingerprint density at radius 3 is 1.59 bits per heavy atom. The molecule has 0 atom stereocenters. The van der Waals surface area contributed by atoms with Gasteiger partial charge in [-0.25, -0.2) is 0 Å². The van der Waals surface area contributed by atoms with E-state index in [9.17, 15) is 0 Å². The third-order valence-corrected chi connectivity index (χ3v) is 4.31. The molecule has 1 heterocycles. The lowest BCUT2D eigenvalue weighted by molar-refractivity contribution is 1.01. The standard InChI is InChI=1S/C22H19ClN6/c23-17-13-11-16(12-14-17)15-24-20-27-21(25-18-7-3-1-4-8-18)29-22(28-20)26-19-9-5-2-6-10-19/h1-14H,15H2,(H3,24,25,26,27,28,29). The zero-order valence-electron chi connectivity index (χ0n) is 15.5. The number of para-hydroxylation sites is 2. The molecule has 0 aliphatic rings. The van der Waals surface area contributed by atoms with Crippen molar-refractivity contribution in [2.24, 2.45) is 0 Å². The first-order valence-electron chi connectivity index (χ1n) is 9.13. The van der Waals surface area contributed by atoms with Gasteiger partial charge in [-0.3, -0.25) is 0 Å². The second-order valence-corrected chi connectivity index (χ2v) is 6.70. The Morgan fingerprint density at radius 2 is 1.07 bits per heavy atom. The predicted molar refractivity (Wildman–Crippen MR) is 118 cm³/mol. The third kappa shape index (κ3) is 5.43. The second-order valence-electron chi connectivity index (χ2n) is 6.27. The van der Waals surface area contributed by atoms with Crippen molar-refractivity contribution in [3.63, 3.8) is 0 Å². The Kier molecular flexibility index (Phi) is 5.83. The lowest BCUT2D eigenvalue weighted by Crippen LogP contribution is -2.09. The van der Waals surface area contributed by atoms with Crippen LogP contribution in [-0.4, -0.2) is 15.0 Å². The van der Waals surface area contributed by atoms with Crippen molar-refractivity contribution in [3.05, 3.63) is 95.5 Å². The summed E-state index contributed by atoms with van der Waals surface area (Å²) in [6, 6.07) is 27.2. The number of anilines is 5. The van der Waals surface area contributed by atoms with Crippen LogP contribution in [0.3, 0.4) is 0 Å². The van der Waals surface area contributed by atoms with Crippen LogP contribution in [0.15, 0.2) is 84.9 Å². The largest absolute Gasteiger partial charge is 0.350 e. The lowest BCUT2D eigenvalue weighted by Gasteiger charge is -2.11. The molecular formula is C22H19ClN6. The molecule has 0 saturated heterocycles. The zero-order chi connectivity index (χ0) is 19.9. The number of nitrogens with zero attached hydrogens (tertiary/aromatic N) is 3. The van der Waals surface area contributed by atoms with Gasteiger partial charge in [-0.15, -0.1) is 0 Å². The van der Waals surface area contributed by atoms with E-state index in [1.54, 1.807) is 0 Å². The molecule has 0 radical (unpaired) electrons. The Hall–Kier alpha value is -3.64. The first kappa shape index (κ1) is 18.7. The van der Waals surface area contributed by atoms with Crippen LogP contribution in [-0.2, 0) is 6.54 Å². The van der Waals surface area contributed by atoms with Crippen molar-refractivity contribution in [1.29, 1.82) is 0 Å². The number of benzene rings is 3. The van der Waals surface area contributed by atoms with E-state index in [1.165, 1.54) is 0 Å². The molecule has 0 spiro atoms. The van der Waals surface area contributed by atoms with Crippen molar-refractivity contribution < 1.29 is 0 Å². The molecule has 0 unspecified atom stereocenters. The minimum absolute atomic E-state index is 0.447. The molecule has 0 fully saturated rings. The van der Waals surface area contributed by atoms with Crippen molar-refractivity contribution in [2.75, 3.05) is 16.0 Å². The van der Waals surface area contributed by atoms with E-state index in [2.05, 4.69) is 30.9 Å². The third-order valence-electron chi connectivity index (χ3n) is 4.06. The number of hydrogen-bond acceptors (Lipinski definition) is 6. The second kappa shape index (κ2) is 9.03. The van der Waals surface area contributed by atoms with Crippen molar-refractivity contribution in [1.82, 2.24) is 15.0 Å². The van der Waals surface area contributed by atoms with E-state index < -0.39 is 0 Å². The molecule has 0 aliphatic heterocycles. The monoisotopic (exact) mass is 402 g/mol. The SMILES string of the molecule is Clc1ccc(CNc2nc(Nc3ccccc3)nc(Nc3ccccc3)n2)cc1. The molecule has 4 rings (SSSR count). The lowest BCUT2D eigenvalue weighted by atomic mass is 10.2. The Morgan fingerprint density at radius 1 is 0.586 bits per heavy atom. The van der Waals surface area contributed by atoms with Gasteiger partial charge in [0.25, 0.3) is 0 Å². The van der Waals surface area contributed by atoms with Gasteiger partial charge in [0, 0.05) is 22.9 Å². The molecule has 144 valence electrons. The predicted octanol–water partition coefficient (Wildman–Crippen LogP) is 5.62. The first-order valence-corrected chi connectivity index (χ1v) is 9.51. The number of rotatable bonds is 7. The van der Waals surface area contributed by atoms with Gasteiger partial charge in [-0.05, 0) is 42.0 Å². The number of aromatic nitrogens is 3. The summed E-state index contributed by atoms with van der Waals surface area (Å²) in [7, 11) is 0. The molecule has 6 nitrogen and oxygen atoms in total. The van der Waals surface area contributed by atoms with E-state index in [1.807, 2.05) is 84.9 Å².